The minimum atomic E-state index is -0.396. The molecule has 7 nitrogen and oxygen atoms in total. The number of hydrazone groups is 1. The minimum Gasteiger partial charge on any atom is -0.396 e. The van der Waals surface area contributed by atoms with Gasteiger partial charge in [0.15, 0.2) is 0 Å². The summed E-state index contributed by atoms with van der Waals surface area (Å²) < 4.78 is 13.4. The summed E-state index contributed by atoms with van der Waals surface area (Å²) in [7, 11) is 0. The number of hydrogen-bond donors (Lipinski definition) is 3. The molecule has 1 aliphatic carbocycles. The number of carbonyl (C=O) groups excluding carboxylic acids is 2. The molecule has 3 N–H and O–H groups in total. The number of likely N-dealkylation sites (tertiary alicyclic amines) is 1. The highest BCUT2D eigenvalue weighted by atomic mass is 32.1. The lowest BCUT2D eigenvalue weighted by atomic mass is 9.97. The van der Waals surface area contributed by atoms with Crippen LogP contribution in [0.1, 0.15) is 61.5 Å². The van der Waals surface area contributed by atoms with Gasteiger partial charge in [-0.3, -0.25) is 14.5 Å². The largest absolute Gasteiger partial charge is 0.396 e. The van der Waals surface area contributed by atoms with Crippen molar-refractivity contribution < 1.29 is 19.1 Å². The second-order valence-corrected chi connectivity index (χ2v) is 11.0. The maximum Gasteiger partial charge on any atom is 0.274 e. The van der Waals surface area contributed by atoms with Gasteiger partial charge < -0.3 is 10.4 Å². The van der Waals surface area contributed by atoms with Crippen LogP contribution in [0.15, 0.2) is 53.6 Å². The van der Waals surface area contributed by atoms with Gasteiger partial charge in [0.05, 0.1) is 11.8 Å². The Kier molecular flexibility index (Phi) is 8.26. The van der Waals surface area contributed by atoms with Crippen molar-refractivity contribution in [1.82, 2.24) is 10.3 Å². The van der Waals surface area contributed by atoms with Crippen LogP contribution in [0.25, 0.3) is 0 Å². The first-order valence-corrected chi connectivity index (χ1v) is 13.8. The second kappa shape index (κ2) is 12.0. The number of thiophene rings is 1. The first-order chi connectivity index (χ1) is 18.5. The third kappa shape index (κ3) is 6.18. The normalized spacial score (nSPS) is 16.1. The lowest BCUT2D eigenvalue weighted by Gasteiger charge is -2.31. The highest BCUT2D eigenvalue weighted by Crippen LogP contribution is 2.39. The number of benzene rings is 2. The number of piperidine rings is 1. The standard InChI is InChI=1S/C29H31FN4O3S/c30-23-7-2-4-20(15-23)16-31-33-28(37)26-24-8-3-9-25(24)38-29(26)32-27(36)22-6-1-5-21(14-22)17-34-12-10-19(18-35)11-13-34/h1-2,4-7,14-16,19,35H,3,8-13,17-18H2,(H,32,36)(H,33,37)/b31-16+. The first kappa shape index (κ1) is 26.2. The van der Waals surface area contributed by atoms with Gasteiger partial charge in [-0.2, -0.15) is 5.10 Å². The molecule has 2 amide bonds. The van der Waals surface area contributed by atoms with Crippen molar-refractivity contribution >= 4 is 34.4 Å². The Bertz CT molecular complexity index is 1350. The molecule has 9 heteroatoms. The molecule has 38 heavy (non-hydrogen) atoms. The number of aliphatic hydroxyl groups is 1. The zero-order valence-electron chi connectivity index (χ0n) is 21.1. The molecule has 0 bridgehead atoms. The van der Waals surface area contributed by atoms with Gasteiger partial charge in [-0.15, -0.1) is 11.3 Å². The number of nitrogens with zero attached hydrogens (tertiary/aromatic N) is 2. The maximum atomic E-state index is 13.4. The van der Waals surface area contributed by atoms with E-state index >= 15 is 0 Å². The Balaban J connectivity index is 1.27. The van der Waals surface area contributed by atoms with E-state index in [2.05, 4.69) is 20.7 Å². The van der Waals surface area contributed by atoms with E-state index < -0.39 is 5.91 Å². The topological polar surface area (TPSA) is 94.0 Å². The minimum absolute atomic E-state index is 0.245. The van der Waals surface area contributed by atoms with Crippen molar-refractivity contribution in [2.24, 2.45) is 11.0 Å². The Morgan fingerprint density at radius 2 is 1.92 bits per heavy atom. The number of aryl methyl sites for hydroxylation is 1. The third-order valence-corrected chi connectivity index (χ3v) is 8.37. The van der Waals surface area contributed by atoms with Gasteiger partial charge in [-0.25, -0.2) is 9.82 Å². The molecule has 1 fully saturated rings. The fourth-order valence-electron chi connectivity index (χ4n) is 5.11. The third-order valence-electron chi connectivity index (χ3n) is 7.16. The van der Waals surface area contributed by atoms with Gasteiger partial charge in [0.2, 0.25) is 0 Å². The molecule has 0 unspecified atom stereocenters. The van der Waals surface area contributed by atoms with Crippen LogP contribution in [-0.4, -0.2) is 47.7 Å². The van der Waals surface area contributed by atoms with E-state index in [1.165, 1.54) is 29.7 Å². The number of aliphatic hydroxyl groups excluding tert-OH is 1. The molecule has 3 aromatic rings. The van der Waals surface area contributed by atoms with Gasteiger partial charge in [0.25, 0.3) is 11.8 Å². The fraction of sp³-hybridized carbons (Fsp3) is 0.345. The highest BCUT2D eigenvalue weighted by molar-refractivity contribution is 7.17. The lowest BCUT2D eigenvalue weighted by Crippen LogP contribution is -2.34. The molecule has 0 saturated carbocycles. The van der Waals surface area contributed by atoms with Crippen molar-refractivity contribution in [2.75, 3.05) is 25.0 Å². The van der Waals surface area contributed by atoms with Crippen LogP contribution in [0.3, 0.4) is 0 Å². The monoisotopic (exact) mass is 534 g/mol. The second-order valence-electron chi connectivity index (χ2n) is 9.87. The molecular weight excluding hydrogens is 503 g/mol. The van der Waals surface area contributed by atoms with Crippen molar-refractivity contribution in [3.8, 4) is 0 Å². The summed E-state index contributed by atoms with van der Waals surface area (Å²) in [4.78, 5) is 29.8. The number of rotatable bonds is 8. The van der Waals surface area contributed by atoms with Crippen LogP contribution < -0.4 is 10.7 Å². The van der Waals surface area contributed by atoms with E-state index in [1.807, 2.05) is 18.2 Å². The van der Waals surface area contributed by atoms with Crippen molar-refractivity contribution in [3.05, 3.63) is 87.0 Å². The van der Waals surface area contributed by atoms with E-state index in [0.717, 1.165) is 67.7 Å². The number of amides is 2. The number of nitrogens with one attached hydrogen (secondary N) is 2. The molecule has 1 aliphatic heterocycles. The quantitative estimate of drug-likeness (QED) is 0.291. The van der Waals surface area contributed by atoms with Crippen molar-refractivity contribution in [1.29, 1.82) is 0 Å². The molecule has 1 saturated heterocycles. The smallest absolute Gasteiger partial charge is 0.274 e. The van der Waals surface area contributed by atoms with Gasteiger partial charge >= 0.3 is 0 Å². The van der Waals surface area contributed by atoms with Crippen LogP contribution in [0.2, 0.25) is 0 Å². The zero-order valence-corrected chi connectivity index (χ0v) is 21.9. The number of fused-ring (bicyclic) bond motifs is 1. The summed E-state index contributed by atoms with van der Waals surface area (Å²) in [6, 6.07) is 13.5. The van der Waals surface area contributed by atoms with Gasteiger partial charge in [-0.1, -0.05) is 24.3 Å². The SMILES string of the molecule is O=C(Nc1sc2c(c1C(=O)N/N=C/c1cccc(F)c1)CCC2)c1cccc(CN2CCC(CO)CC2)c1. The molecule has 198 valence electrons. The van der Waals surface area contributed by atoms with E-state index in [0.29, 0.717) is 27.6 Å². The average molecular weight is 535 g/mol. The summed E-state index contributed by atoms with van der Waals surface area (Å²) in [5.74, 6) is -0.652. The maximum absolute atomic E-state index is 13.4. The molecule has 0 radical (unpaired) electrons. The van der Waals surface area contributed by atoms with Gasteiger partial charge in [0, 0.05) is 23.6 Å². The summed E-state index contributed by atoms with van der Waals surface area (Å²) >= 11 is 1.44. The molecule has 0 spiro atoms. The van der Waals surface area contributed by atoms with E-state index in [9.17, 15) is 19.1 Å². The molecule has 5 rings (SSSR count). The van der Waals surface area contributed by atoms with E-state index in [4.69, 9.17) is 0 Å². The highest BCUT2D eigenvalue weighted by Gasteiger charge is 2.28. The summed E-state index contributed by atoms with van der Waals surface area (Å²) in [5.41, 5.74) is 6.08. The van der Waals surface area contributed by atoms with E-state index in [-0.39, 0.29) is 18.3 Å². The van der Waals surface area contributed by atoms with Crippen molar-refractivity contribution in [2.45, 2.75) is 38.6 Å². The van der Waals surface area contributed by atoms with Gasteiger partial charge in [-0.05, 0) is 92.1 Å². The predicted octanol–water partition coefficient (Wildman–Crippen LogP) is 4.60. The van der Waals surface area contributed by atoms with Crippen LogP contribution >= 0.6 is 11.3 Å². The van der Waals surface area contributed by atoms with Crippen molar-refractivity contribution in [3.63, 3.8) is 0 Å². The van der Waals surface area contributed by atoms with E-state index in [1.54, 1.807) is 18.2 Å². The average Bonchev–Trinajstić information content (AvgIpc) is 3.50. The number of anilines is 1. The Hall–Kier alpha value is -3.40. The molecule has 2 aliphatic rings. The number of halogens is 1. The van der Waals surface area contributed by atoms with Gasteiger partial charge in [0.1, 0.15) is 10.8 Å². The number of hydrogen-bond acceptors (Lipinski definition) is 6. The molecule has 2 aromatic carbocycles. The van der Waals surface area contributed by atoms with Crippen LogP contribution in [0.5, 0.6) is 0 Å². The van der Waals surface area contributed by atoms with Crippen LogP contribution in [-0.2, 0) is 19.4 Å². The fourth-order valence-corrected chi connectivity index (χ4v) is 6.39. The number of carbonyl (C=O) groups is 2. The Morgan fingerprint density at radius 3 is 2.71 bits per heavy atom. The Morgan fingerprint density at radius 1 is 1.11 bits per heavy atom. The molecule has 2 heterocycles. The molecular formula is C29H31FN4O3S. The molecule has 1 aromatic heterocycles. The lowest BCUT2D eigenvalue weighted by molar-refractivity contribution is 0.0955. The van der Waals surface area contributed by atoms with Crippen LogP contribution in [0, 0.1) is 11.7 Å². The Labute approximate surface area is 225 Å². The molecule has 0 atom stereocenters. The first-order valence-electron chi connectivity index (χ1n) is 13.0. The summed E-state index contributed by atoms with van der Waals surface area (Å²) in [6.45, 7) is 2.86. The van der Waals surface area contributed by atoms with Crippen LogP contribution in [0.4, 0.5) is 9.39 Å². The summed E-state index contributed by atoms with van der Waals surface area (Å²) in [6.07, 6.45) is 5.99. The predicted molar refractivity (Wildman–Crippen MR) is 147 cm³/mol. The summed E-state index contributed by atoms with van der Waals surface area (Å²) in [5, 5.41) is 16.9. The zero-order chi connectivity index (χ0) is 26.5.